The first kappa shape index (κ1) is 18.9. The Balaban J connectivity index is 1.83. The Kier molecular flexibility index (Phi) is 6.39. The monoisotopic (exact) mass is 378 g/mol. The van der Waals surface area contributed by atoms with E-state index < -0.39 is 0 Å². The molecular formula is C22H19FN2OS. The Labute approximate surface area is 162 Å². The summed E-state index contributed by atoms with van der Waals surface area (Å²) < 4.78 is 13.3. The van der Waals surface area contributed by atoms with Crippen molar-refractivity contribution in [3.63, 3.8) is 0 Å². The van der Waals surface area contributed by atoms with Crippen molar-refractivity contribution >= 4 is 29.4 Å². The molecule has 3 nitrogen and oxygen atoms in total. The number of aromatic nitrogens is 1. The SMILES string of the molecule is CSc1ccc(C=CC(=O)N(Cc2ccccn2)c2ccc(F)cc2)cc1. The van der Waals surface area contributed by atoms with Crippen molar-refractivity contribution in [2.75, 3.05) is 11.2 Å². The van der Waals surface area contributed by atoms with Crippen LogP contribution < -0.4 is 4.90 Å². The lowest BCUT2D eigenvalue weighted by atomic mass is 10.2. The van der Waals surface area contributed by atoms with Crippen LogP contribution in [-0.2, 0) is 11.3 Å². The molecule has 3 aromatic rings. The molecule has 1 amide bonds. The van der Waals surface area contributed by atoms with Crippen LogP contribution in [0.2, 0.25) is 0 Å². The van der Waals surface area contributed by atoms with Gasteiger partial charge in [-0.2, -0.15) is 0 Å². The van der Waals surface area contributed by atoms with Gasteiger partial charge in [-0.1, -0.05) is 18.2 Å². The van der Waals surface area contributed by atoms with Crippen LogP contribution in [-0.4, -0.2) is 17.1 Å². The molecule has 3 rings (SSSR count). The molecule has 0 aliphatic rings. The Morgan fingerprint density at radius 3 is 2.44 bits per heavy atom. The number of thioether (sulfide) groups is 1. The van der Waals surface area contributed by atoms with Gasteiger partial charge in [-0.15, -0.1) is 11.8 Å². The van der Waals surface area contributed by atoms with E-state index in [0.29, 0.717) is 12.2 Å². The Bertz CT molecular complexity index is 909. The van der Waals surface area contributed by atoms with E-state index in [1.54, 1.807) is 41.1 Å². The smallest absolute Gasteiger partial charge is 0.251 e. The maximum Gasteiger partial charge on any atom is 0.251 e. The van der Waals surface area contributed by atoms with Crippen LogP contribution in [0, 0.1) is 5.82 Å². The second kappa shape index (κ2) is 9.14. The first-order valence-electron chi connectivity index (χ1n) is 8.45. The summed E-state index contributed by atoms with van der Waals surface area (Å²) in [4.78, 5) is 19.9. The van der Waals surface area contributed by atoms with Gasteiger partial charge in [0.15, 0.2) is 0 Å². The number of hydrogen-bond acceptors (Lipinski definition) is 3. The van der Waals surface area contributed by atoms with E-state index in [0.717, 1.165) is 11.3 Å². The summed E-state index contributed by atoms with van der Waals surface area (Å²) in [6.45, 7) is 0.307. The third-order valence-corrected chi connectivity index (χ3v) is 4.73. The highest BCUT2D eigenvalue weighted by molar-refractivity contribution is 7.98. The van der Waals surface area contributed by atoms with E-state index in [9.17, 15) is 9.18 Å². The summed E-state index contributed by atoms with van der Waals surface area (Å²) >= 11 is 1.67. The lowest BCUT2D eigenvalue weighted by Crippen LogP contribution is -2.29. The molecule has 0 saturated heterocycles. The topological polar surface area (TPSA) is 33.2 Å². The zero-order valence-corrected chi connectivity index (χ0v) is 15.7. The van der Waals surface area contributed by atoms with Gasteiger partial charge in [0.2, 0.25) is 0 Å². The number of carbonyl (C=O) groups is 1. The highest BCUT2D eigenvalue weighted by Crippen LogP contribution is 2.19. The number of pyridine rings is 1. The average molecular weight is 378 g/mol. The minimum absolute atomic E-state index is 0.193. The molecule has 2 aromatic carbocycles. The van der Waals surface area contributed by atoms with Crippen LogP contribution in [0.5, 0.6) is 0 Å². The zero-order valence-electron chi connectivity index (χ0n) is 14.9. The summed E-state index contributed by atoms with van der Waals surface area (Å²) in [5, 5.41) is 0. The fraction of sp³-hybridized carbons (Fsp3) is 0.0909. The first-order chi connectivity index (χ1) is 13.2. The van der Waals surface area contributed by atoms with Crippen LogP contribution in [0.1, 0.15) is 11.3 Å². The zero-order chi connectivity index (χ0) is 19.1. The van der Waals surface area contributed by atoms with Gasteiger partial charge in [0.1, 0.15) is 5.82 Å². The van der Waals surface area contributed by atoms with Gasteiger partial charge >= 0.3 is 0 Å². The third kappa shape index (κ3) is 5.28. The number of rotatable bonds is 6. The lowest BCUT2D eigenvalue weighted by molar-refractivity contribution is -0.114. The number of hydrogen-bond donors (Lipinski definition) is 0. The highest BCUT2D eigenvalue weighted by Gasteiger charge is 2.14. The molecule has 1 aromatic heterocycles. The molecule has 27 heavy (non-hydrogen) atoms. The highest BCUT2D eigenvalue weighted by atomic mass is 32.2. The molecule has 0 bridgehead atoms. The van der Waals surface area contributed by atoms with E-state index in [4.69, 9.17) is 0 Å². The second-order valence-corrected chi connectivity index (χ2v) is 6.71. The van der Waals surface area contributed by atoms with Gasteiger partial charge in [0, 0.05) is 22.9 Å². The minimum atomic E-state index is -0.339. The fourth-order valence-electron chi connectivity index (χ4n) is 2.54. The van der Waals surface area contributed by atoms with Gasteiger partial charge < -0.3 is 4.90 Å². The third-order valence-electron chi connectivity index (χ3n) is 3.98. The molecule has 0 N–H and O–H groups in total. The molecule has 0 radical (unpaired) electrons. The van der Waals surface area contributed by atoms with Gasteiger partial charge in [-0.25, -0.2) is 4.39 Å². The van der Waals surface area contributed by atoms with E-state index in [1.807, 2.05) is 48.7 Å². The van der Waals surface area contributed by atoms with Crippen molar-refractivity contribution in [3.05, 3.63) is 96.1 Å². The molecular weight excluding hydrogens is 359 g/mol. The Morgan fingerprint density at radius 2 is 1.81 bits per heavy atom. The number of nitrogens with zero attached hydrogens (tertiary/aromatic N) is 2. The first-order valence-corrected chi connectivity index (χ1v) is 9.67. The van der Waals surface area contributed by atoms with Crippen molar-refractivity contribution in [2.24, 2.45) is 0 Å². The molecule has 0 aliphatic carbocycles. The number of benzene rings is 2. The van der Waals surface area contributed by atoms with Crippen molar-refractivity contribution < 1.29 is 9.18 Å². The number of carbonyl (C=O) groups excluding carboxylic acids is 1. The molecule has 0 atom stereocenters. The Hall–Kier alpha value is -2.92. The fourth-order valence-corrected chi connectivity index (χ4v) is 2.95. The van der Waals surface area contributed by atoms with Gasteiger partial charge in [-0.05, 0) is 66.4 Å². The predicted molar refractivity (Wildman–Crippen MR) is 109 cm³/mol. The predicted octanol–water partition coefficient (Wildman–Crippen LogP) is 5.19. The van der Waals surface area contributed by atoms with Crippen molar-refractivity contribution in [3.8, 4) is 0 Å². The molecule has 0 spiro atoms. The van der Waals surface area contributed by atoms with Crippen LogP contribution in [0.3, 0.4) is 0 Å². The molecule has 136 valence electrons. The summed E-state index contributed by atoms with van der Waals surface area (Å²) in [5.41, 5.74) is 2.32. The minimum Gasteiger partial charge on any atom is -0.303 e. The van der Waals surface area contributed by atoms with Crippen molar-refractivity contribution in [1.82, 2.24) is 4.98 Å². The summed E-state index contributed by atoms with van der Waals surface area (Å²) in [6, 6.07) is 19.4. The quantitative estimate of drug-likeness (QED) is 0.437. The van der Waals surface area contributed by atoms with Gasteiger partial charge in [-0.3, -0.25) is 9.78 Å². The number of halogens is 1. The van der Waals surface area contributed by atoms with E-state index in [2.05, 4.69) is 4.98 Å². The van der Waals surface area contributed by atoms with E-state index >= 15 is 0 Å². The number of amides is 1. The lowest BCUT2D eigenvalue weighted by Gasteiger charge is -2.21. The van der Waals surface area contributed by atoms with Crippen LogP contribution >= 0.6 is 11.8 Å². The van der Waals surface area contributed by atoms with E-state index in [1.165, 1.54) is 23.1 Å². The van der Waals surface area contributed by atoms with Gasteiger partial charge in [0.25, 0.3) is 5.91 Å². The molecule has 0 saturated carbocycles. The standard InChI is InChI=1S/C22H19FN2OS/c1-27-21-12-5-17(6-13-21)7-14-22(26)25(16-19-4-2-3-15-24-19)20-10-8-18(23)9-11-20/h2-15H,16H2,1H3. The molecule has 1 heterocycles. The largest absolute Gasteiger partial charge is 0.303 e. The second-order valence-electron chi connectivity index (χ2n) is 5.83. The number of anilines is 1. The van der Waals surface area contributed by atoms with Crippen LogP contribution in [0.4, 0.5) is 10.1 Å². The summed E-state index contributed by atoms with van der Waals surface area (Å²) in [7, 11) is 0. The summed E-state index contributed by atoms with van der Waals surface area (Å²) in [6.07, 6.45) is 7.01. The molecule has 0 aliphatic heterocycles. The van der Waals surface area contributed by atoms with Crippen molar-refractivity contribution in [1.29, 1.82) is 0 Å². The van der Waals surface area contributed by atoms with Crippen molar-refractivity contribution in [2.45, 2.75) is 11.4 Å². The molecule has 0 unspecified atom stereocenters. The maximum atomic E-state index is 13.3. The van der Waals surface area contributed by atoms with Gasteiger partial charge in [0.05, 0.1) is 12.2 Å². The normalized spacial score (nSPS) is 10.9. The summed E-state index contributed by atoms with van der Waals surface area (Å²) in [5.74, 6) is -0.533. The Morgan fingerprint density at radius 1 is 1.07 bits per heavy atom. The maximum absolute atomic E-state index is 13.3. The van der Waals surface area contributed by atoms with E-state index in [-0.39, 0.29) is 11.7 Å². The average Bonchev–Trinajstić information content (AvgIpc) is 2.72. The molecule has 5 heteroatoms. The molecule has 0 fully saturated rings. The van der Waals surface area contributed by atoms with Crippen LogP contribution in [0.15, 0.2) is 83.9 Å². The van der Waals surface area contributed by atoms with Crippen LogP contribution in [0.25, 0.3) is 6.08 Å².